The second-order valence-corrected chi connectivity index (χ2v) is 4.41. The van der Waals surface area contributed by atoms with Gasteiger partial charge in [-0.1, -0.05) is 0 Å². The van der Waals surface area contributed by atoms with Gasteiger partial charge in [0.2, 0.25) is 0 Å². The van der Waals surface area contributed by atoms with Crippen LogP contribution in [0, 0.1) is 5.92 Å². The molecule has 0 radical (unpaired) electrons. The van der Waals surface area contributed by atoms with Gasteiger partial charge in [0, 0.05) is 12.3 Å². The number of hydrogen-bond acceptors (Lipinski definition) is 4. The van der Waals surface area contributed by atoms with Crippen LogP contribution < -0.4 is 14.8 Å². The van der Waals surface area contributed by atoms with Gasteiger partial charge in [0.15, 0.2) is 11.5 Å². The molecule has 1 atom stereocenters. The summed E-state index contributed by atoms with van der Waals surface area (Å²) in [5, 5.41) is 3.42. The third kappa shape index (κ3) is 2.88. The maximum atomic E-state index is 5.40. The molecule has 0 bridgehead atoms. The molecule has 0 saturated carbocycles. The summed E-state index contributed by atoms with van der Waals surface area (Å²) in [5.41, 5.74) is 1.00. The summed E-state index contributed by atoms with van der Waals surface area (Å²) in [6.45, 7) is 2.21. The minimum Gasteiger partial charge on any atom is -0.493 e. The summed E-state index contributed by atoms with van der Waals surface area (Å²) in [5.74, 6) is 2.19. The van der Waals surface area contributed by atoms with Crippen LogP contribution in [0.15, 0.2) is 12.3 Å². The molecule has 0 amide bonds. The topological polar surface area (TPSA) is 43.4 Å². The molecule has 0 aromatic carbocycles. The van der Waals surface area contributed by atoms with Crippen molar-refractivity contribution in [1.82, 2.24) is 10.3 Å². The van der Waals surface area contributed by atoms with Crippen LogP contribution >= 0.6 is 0 Å². The smallest absolute Gasteiger partial charge is 0.182 e. The van der Waals surface area contributed by atoms with E-state index < -0.39 is 0 Å². The molecule has 1 fully saturated rings. The molecule has 1 saturated heterocycles. The third-order valence-electron chi connectivity index (χ3n) is 3.25. The number of nitrogens with zero attached hydrogens (tertiary/aromatic N) is 1. The Hall–Kier alpha value is -1.29. The van der Waals surface area contributed by atoms with Crippen molar-refractivity contribution in [3.05, 3.63) is 18.0 Å². The van der Waals surface area contributed by atoms with Gasteiger partial charge < -0.3 is 14.8 Å². The van der Waals surface area contributed by atoms with Crippen molar-refractivity contribution in [3.63, 3.8) is 0 Å². The van der Waals surface area contributed by atoms with Gasteiger partial charge >= 0.3 is 0 Å². The molecule has 1 N–H and O–H groups in total. The third-order valence-corrected chi connectivity index (χ3v) is 3.25. The Morgan fingerprint density at radius 3 is 2.94 bits per heavy atom. The van der Waals surface area contributed by atoms with E-state index in [-0.39, 0.29) is 0 Å². The minimum absolute atomic E-state index is 0.650. The van der Waals surface area contributed by atoms with Crippen LogP contribution in [0.1, 0.15) is 18.5 Å². The molecule has 17 heavy (non-hydrogen) atoms. The molecule has 1 aromatic rings. The van der Waals surface area contributed by atoms with Gasteiger partial charge in [-0.25, -0.2) is 0 Å². The van der Waals surface area contributed by atoms with Crippen LogP contribution in [-0.2, 0) is 6.42 Å². The number of methoxy groups -OCH3 is 2. The lowest BCUT2D eigenvalue weighted by Gasteiger charge is -2.23. The molecule has 0 aliphatic carbocycles. The predicted molar refractivity (Wildman–Crippen MR) is 66.6 cm³/mol. The normalized spacial score (nSPS) is 20.0. The molecule has 0 spiro atoms. The summed E-state index contributed by atoms with van der Waals surface area (Å²) in [4.78, 5) is 4.42. The van der Waals surface area contributed by atoms with Crippen LogP contribution in [0.5, 0.6) is 11.5 Å². The Morgan fingerprint density at radius 2 is 2.29 bits per heavy atom. The van der Waals surface area contributed by atoms with E-state index in [4.69, 9.17) is 9.47 Å². The van der Waals surface area contributed by atoms with E-state index in [2.05, 4.69) is 10.3 Å². The maximum Gasteiger partial charge on any atom is 0.182 e. The van der Waals surface area contributed by atoms with Gasteiger partial charge in [0.25, 0.3) is 0 Å². The summed E-state index contributed by atoms with van der Waals surface area (Å²) >= 11 is 0. The first kappa shape index (κ1) is 12.2. The van der Waals surface area contributed by atoms with Crippen LogP contribution in [0.2, 0.25) is 0 Å². The average molecular weight is 236 g/mol. The zero-order chi connectivity index (χ0) is 12.1. The molecule has 1 aromatic heterocycles. The van der Waals surface area contributed by atoms with Crippen LogP contribution in [0.3, 0.4) is 0 Å². The van der Waals surface area contributed by atoms with E-state index in [9.17, 15) is 0 Å². The molecule has 94 valence electrons. The van der Waals surface area contributed by atoms with Crippen LogP contribution in [-0.4, -0.2) is 32.3 Å². The number of ether oxygens (including phenoxy) is 2. The van der Waals surface area contributed by atoms with E-state index in [1.807, 2.05) is 6.07 Å². The number of rotatable bonds is 4. The maximum absolute atomic E-state index is 5.40. The number of nitrogens with one attached hydrogen (secondary N) is 1. The molecular formula is C13H20N2O2. The van der Waals surface area contributed by atoms with Crippen molar-refractivity contribution in [2.75, 3.05) is 27.3 Å². The second kappa shape index (κ2) is 5.87. The van der Waals surface area contributed by atoms with Gasteiger partial charge in [-0.15, -0.1) is 0 Å². The first-order chi connectivity index (χ1) is 8.35. The second-order valence-electron chi connectivity index (χ2n) is 4.41. The zero-order valence-corrected chi connectivity index (χ0v) is 10.5. The molecule has 2 rings (SSSR count). The number of aromatic nitrogens is 1. The molecular weight excluding hydrogens is 216 g/mol. The van der Waals surface area contributed by atoms with Gasteiger partial charge in [-0.3, -0.25) is 4.98 Å². The quantitative estimate of drug-likeness (QED) is 0.863. The molecule has 1 aliphatic heterocycles. The van der Waals surface area contributed by atoms with Crippen molar-refractivity contribution in [1.29, 1.82) is 0 Å². The van der Waals surface area contributed by atoms with Gasteiger partial charge in [-0.05, 0) is 38.3 Å². The largest absolute Gasteiger partial charge is 0.493 e. The monoisotopic (exact) mass is 236 g/mol. The Bertz CT molecular complexity index is 362. The minimum atomic E-state index is 0.650. The van der Waals surface area contributed by atoms with Gasteiger partial charge in [-0.2, -0.15) is 0 Å². The summed E-state index contributed by atoms with van der Waals surface area (Å²) in [6.07, 6.45) is 5.24. The highest BCUT2D eigenvalue weighted by Crippen LogP contribution is 2.31. The van der Waals surface area contributed by atoms with Crippen LogP contribution in [0.4, 0.5) is 0 Å². The molecule has 4 heteroatoms. The van der Waals surface area contributed by atoms with E-state index in [0.29, 0.717) is 5.92 Å². The summed E-state index contributed by atoms with van der Waals surface area (Å²) in [7, 11) is 3.33. The van der Waals surface area contributed by atoms with E-state index in [1.165, 1.54) is 12.8 Å². The SMILES string of the molecule is COc1ccnc(CC2CCCNC2)c1OC. The van der Waals surface area contributed by atoms with E-state index in [0.717, 1.165) is 36.7 Å². The van der Waals surface area contributed by atoms with E-state index in [1.54, 1.807) is 20.4 Å². The van der Waals surface area contributed by atoms with Crippen molar-refractivity contribution < 1.29 is 9.47 Å². The lowest BCUT2D eigenvalue weighted by Crippen LogP contribution is -2.31. The van der Waals surface area contributed by atoms with Crippen LogP contribution in [0.25, 0.3) is 0 Å². The molecule has 2 heterocycles. The summed E-state index contributed by atoms with van der Waals surface area (Å²) in [6, 6.07) is 1.83. The number of hydrogen-bond donors (Lipinski definition) is 1. The first-order valence-corrected chi connectivity index (χ1v) is 6.11. The number of piperidine rings is 1. The molecule has 1 unspecified atom stereocenters. The Morgan fingerprint density at radius 1 is 1.41 bits per heavy atom. The summed E-state index contributed by atoms with van der Waals surface area (Å²) < 4.78 is 10.7. The van der Waals surface area contributed by atoms with Crippen molar-refractivity contribution in [2.24, 2.45) is 5.92 Å². The highest BCUT2D eigenvalue weighted by Gasteiger charge is 2.18. The lowest BCUT2D eigenvalue weighted by atomic mass is 9.94. The Kier molecular flexibility index (Phi) is 4.20. The fraction of sp³-hybridized carbons (Fsp3) is 0.615. The highest BCUT2D eigenvalue weighted by atomic mass is 16.5. The average Bonchev–Trinajstić information content (AvgIpc) is 2.39. The van der Waals surface area contributed by atoms with Crippen molar-refractivity contribution >= 4 is 0 Å². The lowest BCUT2D eigenvalue weighted by molar-refractivity contribution is 0.336. The zero-order valence-electron chi connectivity index (χ0n) is 10.5. The number of pyridine rings is 1. The van der Waals surface area contributed by atoms with Gasteiger partial charge in [0.05, 0.1) is 19.9 Å². The Balaban J connectivity index is 2.13. The van der Waals surface area contributed by atoms with Crippen molar-refractivity contribution in [3.8, 4) is 11.5 Å². The van der Waals surface area contributed by atoms with Gasteiger partial charge in [0.1, 0.15) is 0 Å². The predicted octanol–water partition coefficient (Wildman–Crippen LogP) is 1.64. The fourth-order valence-electron chi connectivity index (χ4n) is 2.37. The molecule has 1 aliphatic rings. The fourth-order valence-corrected chi connectivity index (χ4v) is 2.37. The Labute approximate surface area is 102 Å². The standard InChI is InChI=1S/C13H20N2O2/c1-16-12-5-7-15-11(13(12)17-2)8-10-4-3-6-14-9-10/h5,7,10,14H,3-4,6,8-9H2,1-2H3. The highest BCUT2D eigenvalue weighted by molar-refractivity contribution is 5.42. The van der Waals surface area contributed by atoms with E-state index >= 15 is 0 Å². The van der Waals surface area contributed by atoms with Crippen molar-refractivity contribution in [2.45, 2.75) is 19.3 Å². The molecule has 4 nitrogen and oxygen atoms in total. The first-order valence-electron chi connectivity index (χ1n) is 6.11.